The normalized spacial score (nSPS) is 18.3. The molecule has 18 heavy (non-hydrogen) atoms. The molecule has 0 aliphatic carbocycles. The Labute approximate surface area is 115 Å². The van der Waals surface area contributed by atoms with E-state index >= 15 is 0 Å². The number of carbonyl (C=O) groups is 2. The summed E-state index contributed by atoms with van der Waals surface area (Å²) < 4.78 is 0. The summed E-state index contributed by atoms with van der Waals surface area (Å²) in [7, 11) is 0. The van der Waals surface area contributed by atoms with E-state index in [0.29, 0.717) is 11.8 Å². The first-order chi connectivity index (χ1) is 7.91. The number of nitrogens with two attached hydrogens (primary N) is 2. The molecule has 6 heteroatoms. The van der Waals surface area contributed by atoms with Crippen molar-refractivity contribution in [2.24, 2.45) is 23.3 Å². The second-order valence-corrected chi connectivity index (χ2v) is 5.18. The van der Waals surface area contributed by atoms with Gasteiger partial charge < -0.3 is 16.4 Å². The highest BCUT2D eigenvalue weighted by atomic mass is 35.5. The number of hydrogen-bond acceptors (Lipinski definition) is 3. The average Bonchev–Trinajstić information content (AvgIpc) is 2.27. The smallest absolute Gasteiger partial charge is 0.240 e. The largest absolute Gasteiger partial charge is 0.370 e. The summed E-state index contributed by atoms with van der Waals surface area (Å²) in [5.41, 5.74) is 10.7. The van der Waals surface area contributed by atoms with Crippen LogP contribution in [-0.2, 0) is 9.59 Å². The van der Waals surface area contributed by atoms with Crippen LogP contribution in [0.25, 0.3) is 0 Å². The molecule has 1 aliphatic rings. The van der Waals surface area contributed by atoms with Crippen molar-refractivity contribution in [3.63, 3.8) is 0 Å². The van der Waals surface area contributed by atoms with Gasteiger partial charge >= 0.3 is 0 Å². The summed E-state index contributed by atoms with van der Waals surface area (Å²) in [5.74, 6) is 0.673. The molecule has 4 N–H and O–H groups in total. The minimum atomic E-state index is -0.775. The third kappa shape index (κ3) is 4.82. The Morgan fingerprint density at radius 3 is 2.17 bits per heavy atom. The molecule has 0 saturated carbocycles. The molecule has 1 saturated heterocycles. The maximum absolute atomic E-state index is 11.9. The molecule has 0 spiro atoms. The van der Waals surface area contributed by atoms with Gasteiger partial charge in [-0.05, 0) is 24.7 Å². The molecule has 0 bridgehead atoms. The van der Waals surface area contributed by atoms with Crippen molar-refractivity contribution < 1.29 is 9.59 Å². The summed E-state index contributed by atoms with van der Waals surface area (Å²) in [5, 5.41) is 0. The summed E-state index contributed by atoms with van der Waals surface area (Å²) in [6, 6.07) is -0.775. The molecule has 1 unspecified atom stereocenters. The molecule has 0 aromatic heterocycles. The van der Waals surface area contributed by atoms with E-state index in [9.17, 15) is 9.59 Å². The highest BCUT2D eigenvalue weighted by Crippen LogP contribution is 2.24. The molecule has 5 nitrogen and oxygen atoms in total. The number of likely N-dealkylation sites (tertiary alicyclic amines) is 1. The molecular weight excluding hydrogens is 254 g/mol. The third-order valence-corrected chi connectivity index (χ3v) is 3.53. The molecule has 1 atom stereocenters. The van der Waals surface area contributed by atoms with E-state index in [-0.39, 0.29) is 24.7 Å². The molecule has 1 rings (SSSR count). The highest BCUT2D eigenvalue weighted by Gasteiger charge is 2.27. The number of hydrogen-bond donors (Lipinski definition) is 2. The van der Waals surface area contributed by atoms with Crippen molar-refractivity contribution in [2.45, 2.75) is 39.2 Å². The molecule has 0 aromatic rings. The Morgan fingerprint density at radius 2 is 1.78 bits per heavy atom. The lowest BCUT2D eigenvalue weighted by molar-refractivity contribution is -0.136. The maximum atomic E-state index is 11.9. The number of amides is 2. The van der Waals surface area contributed by atoms with Gasteiger partial charge in [0, 0.05) is 13.1 Å². The Hall–Kier alpha value is -0.810. The first-order valence-electron chi connectivity index (χ1n) is 6.24. The van der Waals surface area contributed by atoms with Gasteiger partial charge in [-0.15, -0.1) is 12.4 Å². The molecule has 2 amide bonds. The van der Waals surface area contributed by atoms with Crippen molar-refractivity contribution >= 4 is 24.2 Å². The lowest BCUT2D eigenvalue weighted by atomic mass is 9.86. The van der Waals surface area contributed by atoms with Gasteiger partial charge in [-0.1, -0.05) is 13.8 Å². The fourth-order valence-electron chi connectivity index (χ4n) is 2.33. The quantitative estimate of drug-likeness (QED) is 0.784. The number of rotatable bonds is 4. The average molecular weight is 278 g/mol. The second kappa shape index (κ2) is 7.59. The number of nitrogens with zero attached hydrogens (tertiary/aromatic N) is 1. The van der Waals surface area contributed by atoms with Gasteiger partial charge in [0.05, 0.1) is 12.5 Å². The Morgan fingerprint density at radius 1 is 1.28 bits per heavy atom. The van der Waals surface area contributed by atoms with E-state index < -0.39 is 11.9 Å². The number of carbonyl (C=O) groups excluding carboxylic acids is 2. The van der Waals surface area contributed by atoms with Crippen molar-refractivity contribution in [2.75, 3.05) is 13.1 Å². The maximum Gasteiger partial charge on any atom is 0.240 e. The van der Waals surface area contributed by atoms with Crippen LogP contribution >= 0.6 is 12.4 Å². The Kier molecular flexibility index (Phi) is 7.25. The van der Waals surface area contributed by atoms with Gasteiger partial charge in [-0.25, -0.2) is 0 Å². The Balaban J connectivity index is 0.00000289. The zero-order chi connectivity index (χ0) is 13.0. The monoisotopic (exact) mass is 277 g/mol. The lowest BCUT2D eigenvalue weighted by Crippen LogP contribution is -2.48. The van der Waals surface area contributed by atoms with Crippen molar-refractivity contribution in [1.82, 2.24) is 4.90 Å². The summed E-state index contributed by atoms with van der Waals surface area (Å²) in [6.45, 7) is 5.91. The van der Waals surface area contributed by atoms with Gasteiger partial charge in [-0.2, -0.15) is 0 Å². The topological polar surface area (TPSA) is 89.4 Å². The Bertz CT molecular complexity index is 289. The van der Waals surface area contributed by atoms with Crippen LogP contribution in [0.4, 0.5) is 0 Å². The van der Waals surface area contributed by atoms with Gasteiger partial charge in [0.2, 0.25) is 11.8 Å². The van der Waals surface area contributed by atoms with Crippen LogP contribution in [0, 0.1) is 11.8 Å². The molecule has 1 heterocycles. The van der Waals surface area contributed by atoms with Crippen LogP contribution in [0.1, 0.15) is 33.1 Å². The van der Waals surface area contributed by atoms with Crippen LogP contribution in [0.15, 0.2) is 0 Å². The lowest BCUT2D eigenvalue weighted by Gasteiger charge is -2.35. The number of piperidine rings is 1. The van der Waals surface area contributed by atoms with Gasteiger partial charge in [-0.3, -0.25) is 9.59 Å². The summed E-state index contributed by atoms with van der Waals surface area (Å²) in [4.78, 5) is 24.4. The van der Waals surface area contributed by atoms with Crippen LogP contribution in [0.5, 0.6) is 0 Å². The number of halogens is 1. The minimum Gasteiger partial charge on any atom is -0.370 e. The minimum absolute atomic E-state index is 0. The second-order valence-electron chi connectivity index (χ2n) is 5.18. The van der Waals surface area contributed by atoms with Crippen LogP contribution in [-0.4, -0.2) is 35.8 Å². The zero-order valence-corrected chi connectivity index (χ0v) is 11.9. The fraction of sp³-hybridized carbons (Fsp3) is 0.833. The van der Waals surface area contributed by atoms with Gasteiger partial charge in [0.25, 0.3) is 0 Å². The third-order valence-electron chi connectivity index (χ3n) is 3.53. The standard InChI is InChI=1S/C12H23N3O2.ClH/c1-8(2)9-3-5-15(6-4-9)12(17)10(13)7-11(14)16;/h8-10H,3-7,13H2,1-2H3,(H2,14,16);1H. The van der Waals surface area contributed by atoms with Gasteiger partial charge in [0.15, 0.2) is 0 Å². The summed E-state index contributed by atoms with van der Waals surface area (Å²) in [6.07, 6.45) is 1.97. The van der Waals surface area contributed by atoms with Crippen molar-refractivity contribution in [3.8, 4) is 0 Å². The van der Waals surface area contributed by atoms with E-state index in [4.69, 9.17) is 11.5 Å². The fourth-order valence-corrected chi connectivity index (χ4v) is 2.33. The van der Waals surface area contributed by atoms with Crippen LogP contribution < -0.4 is 11.5 Å². The SMILES string of the molecule is CC(C)C1CCN(C(=O)C(N)CC(N)=O)CC1.Cl. The molecule has 106 valence electrons. The predicted molar refractivity (Wildman–Crippen MR) is 73.2 cm³/mol. The van der Waals surface area contributed by atoms with Crippen molar-refractivity contribution in [3.05, 3.63) is 0 Å². The molecule has 0 radical (unpaired) electrons. The zero-order valence-electron chi connectivity index (χ0n) is 11.1. The van der Waals surface area contributed by atoms with E-state index in [0.717, 1.165) is 25.9 Å². The predicted octanol–water partition coefficient (Wildman–Crippen LogP) is 0.506. The molecular formula is C12H24ClN3O2. The molecule has 0 aromatic carbocycles. The van der Waals surface area contributed by atoms with E-state index in [1.54, 1.807) is 4.90 Å². The van der Waals surface area contributed by atoms with Gasteiger partial charge in [0.1, 0.15) is 0 Å². The van der Waals surface area contributed by atoms with E-state index in [2.05, 4.69) is 13.8 Å². The summed E-state index contributed by atoms with van der Waals surface area (Å²) >= 11 is 0. The van der Waals surface area contributed by atoms with Crippen LogP contribution in [0.2, 0.25) is 0 Å². The van der Waals surface area contributed by atoms with E-state index in [1.807, 2.05) is 0 Å². The molecule has 1 fully saturated rings. The molecule has 1 aliphatic heterocycles. The van der Waals surface area contributed by atoms with E-state index in [1.165, 1.54) is 0 Å². The van der Waals surface area contributed by atoms with Crippen molar-refractivity contribution in [1.29, 1.82) is 0 Å². The first-order valence-corrected chi connectivity index (χ1v) is 6.24. The van der Waals surface area contributed by atoms with Crippen LogP contribution in [0.3, 0.4) is 0 Å². The highest BCUT2D eigenvalue weighted by molar-refractivity contribution is 5.87. The first kappa shape index (κ1) is 17.2. The number of primary amides is 1.